The Kier molecular flexibility index (Phi) is 13.9. The number of benzene rings is 14. The molecule has 2 saturated carbocycles. The maximum absolute atomic E-state index is 7.59. The Hall–Kier alpha value is -11.2. The maximum Gasteiger partial charge on any atom is 0.159 e. The summed E-state index contributed by atoms with van der Waals surface area (Å²) in [5.41, 5.74) is 23.6. The molecule has 16 aromatic rings. The van der Waals surface area contributed by atoms with Gasteiger partial charge in [0.1, 0.15) is 11.2 Å². The largest absolute Gasteiger partial charge is 0.454 e. The third-order valence-corrected chi connectivity index (χ3v) is 22.1. The zero-order valence-corrected chi connectivity index (χ0v) is 54.3. The van der Waals surface area contributed by atoms with Gasteiger partial charge >= 0.3 is 0 Å². The number of hydrogen-bond acceptors (Lipinski definition) is 4. The van der Waals surface area contributed by atoms with Crippen LogP contribution in [0, 0.1) is 0 Å². The summed E-state index contributed by atoms with van der Waals surface area (Å²) >= 11 is 0. The molecule has 4 nitrogen and oxygen atoms in total. The van der Waals surface area contributed by atoms with Gasteiger partial charge in [-0.05, 0) is 140 Å². The van der Waals surface area contributed by atoms with Crippen LogP contribution >= 0.6 is 0 Å². The minimum Gasteiger partial charge on any atom is -0.454 e. The van der Waals surface area contributed by atoms with Crippen molar-refractivity contribution in [1.82, 2.24) is 0 Å². The van der Waals surface area contributed by atoms with Gasteiger partial charge in [0, 0.05) is 43.4 Å². The van der Waals surface area contributed by atoms with Crippen molar-refractivity contribution < 1.29 is 8.83 Å². The summed E-state index contributed by atoms with van der Waals surface area (Å²) in [7, 11) is 0. The Labute approximate surface area is 566 Å². The highest BCUT2D eigenvalue weighted by Crippen LogP contribution is 2.64. The molecule has 2 aromatic heterocycles. The number of nitrogens with zero attached hydrogens (tertiary/aromatic N) is 2. The number of furan rings is 2. The van der Waals surface area contributed by atoms with Gasteiger partial charge in [-0.25, -0.2) is 0 Å². The first kappa shape index (κ1) is 57.3. The van der Waals surface area contributed by atoms with Crippen molar-refractivity contribution in [3.8, 4) is 33.4 Å². The van der Waals surface area contributed by atoms with Crippen LogP contribution in [0.25, 0.3) is 98.8 Å². The standard InChI is InChI=1S/C93H72N2O2/c1-7-31-61(32-8-1)67-43-23-25-55-81(67)94(83-57-29-53-77-75-51-27-49-69(89(75)96-91(77)83)63-35-11-3-12-36-63)85-59-79-87(73-47-21-19-45-71(73)85)88-74-48-22-20-46-72(74)86(60-80(88)93(79,65-39-15-5-16-40-65)66-41-17-6-18-42-66)95(82-56-26-24-44-68(82)62-33-9-2-10-34-62)84-58-30-54-78-76-52-28-50-70(90(76)97-92(78)84)64-37-13-4-14-38-64/h1-2,5-10,15-34,39-60,63-64H,3-4,11-14,35-38H2. The smallest absolute Gasteiger partial charge is 0.159 e. The molecule has 2 heterocycles. The van der Waals surface area contributed by atoms with Gasteiger partial charge in [0.15, 0.2) is 11.2 Å². The van der Waals surface area contributed by atoms with Crippen LogP contribution in [-0.4, -0.2) is 0 Å². The molecule has 0 radical (unpaired) electrons. The average Bonchev–Trinajstić information content (AvgIpc) is 1.51. The van der Waals surface area contributed by atoms with E-state index in [0.29, 0.717) is 11.8 Å². The predicted molar refractivity (Wildman–Crippen MR) is 405 cm³/mol. The van der Waals surface area contributed by atoms with Crippen LogP contribution in [0.1, 0.15) is 109 Å². The quantitative estimate of drug-likeness (QED) is 0.122. The van der Waals surface area contributed by atoms with Crippen LogP contribution in [0.5, 0.6) is 0 Å². The molecule has 4 heteroatoms. The van der Waals surface area contributed by atoms with E-state index in [0.717, 1.165) is 100 Å². The highest BCUT2D eigenvalue weighted by atomic mass is 16.3. The molecule has 3 aliphatic carbocycles. The first-order chi connectivity index (χ1) is 48.2. The molecular formula is C93H72N2O2. The SMILES string of the molecule is c1ccc(-c2ccccc2N(c2cc3c(c4ccccc24)-c2c(cc(N(c4ccccc4-c4ccccc4)c4cccc5c4oc4c(C6CCCCC6)cccc45)c4ccccc24)C3(c2ccccc2)c2ccccc2)c2cccc3c2oc2c(C4CCCCC4)cccc23)cc1. The highest BCUT2D eigenvalue weighted by Gasteiger charge is 2.49. The van der Waals surface area contributed by atoms with E-state index in [-0.39, 0.29) is 0 Å². The summed E-state index contributed by atoms with van der Waals surface area (Å²) < 4.78 is 15.2. The van der Waals surface area contributed by atoms with Crippen LogP contribution in [0.2, 0.25) is 0 Å². The zero-order chi connectivity index (χ0) is 64.0. The molecule has 0 spiro atoms. The normalized spacial score (nSPS) is 14.8. The van der Waals surface area contributed by atoms with E-state index >= 15 is 0 Å². The van der Waals surface area contributed by atoms with Crippen molar-refractivity contribution in [1.29, 1.82) is 0 Å². The fraction of sp³-hybridized carbons (Fsp3) is 0.140. The molecule has 0 amide bonds. The lowest BCUT2D eigenvalue weighted by atomic mass is 9.67. The summed E-state index contributed by atoms with van der Waals surface area (Å²) in [6.45, 7) is 0. The average molecular weight is 1250 g/mol. The van der Waals surface area contributed by atoms with Gasteiger partial charge in [-0.2, -0.15) is 0 Å². The third-order valence-electron chi connectivity index (χ3n) is 22.1. The van der Waals surface area contributed by atoms with Gasteiger partial charge in [-0.15, -0.1) is 0 Å². The molecule has 0 bridgehead atoms. The van der Waals surface area contributed by atoms with Crippen molar-refractivity contribution >= 4 is 99.5 Å². The Balaban J connectivity index is 0.937. The Morgan fingerprint density at radius 3 is 0.990 bits per heavy atom. The molecule has 0 atom stereocenters. The van der Waals surface area contributed by atoms with Crippen molar-refractivity contribution in [2.45, 2.75) is 81.5 Å². The zero-order valence-electron chi connectivity index (χ0n) is 54.3. The molecule has 0 saturated heterocycles. The van der Waals surface area contributed by atoms with Crippen molar-refractivity contribution in [3.63, 3.8) is 0 Å². The third kappa shape index (κ3) is 9.10. The second-order valence-corrected chi connectivity index (χ2v) is 27.3. The van der Waals surface area contributed by atoms with Gasteiger partial charge in [0.05, 0.1) is 39.5 Å². The van der Waals surface area contributed by atoms with Crippen LogP contribution in [-0.2, 0) is 5.41 Å². The van der Waals surface area contributed by atoms with Crippen LogP contribution < -0.4 is 9.80 Å². The number of rotatable bonds is 12. The molecule has 0 N–H and O–H groups in total. The van der Waals surface area contributed by atoms with Gasteiger partial charge in [-0.1, -0.05) is 305 Å². The second kappa shape index (κ2) is 23.6. The first-order valence-electron chi connectivity index (χ1n) is 35.2. The molecule has 0 unspecified atom stereocenters. The van der Waals surface area contributed by atoms with E-state index in [1.807, 2.05) is 0 Å². The molecule has 19 rings (SSSR count). The molecule has 466 valence electrons. The van der Waals surface area contributed by atoms with Crippen LogP contribution in [0.4, 0.5) is 34.1 Å². The van der Waals surface area contributed by atoms with Crippen LogP contribution in [0.3, 0.4) is 0 Å². The number of anilines is 6. The summed E-state index contributed by atoms with van der Waals surface area (Å²) in [5.74, 6) is 0.923. The lowest BCUT2D eigenvalue weighted by molar-refractivity contribution is 0.442. The minimum absolute atomic E-state index is 0.461. The first-order valence-corrected chi connectivity index (χ1v) is 35.2. The predicted octanol–water partition coefficient (Wildman–Crippen LogP) is 26.5. The topological polar surface area (TPSA) is 32.8 Å². The fourth-order valence-electron chi connectivity index (χ4n) is 17.8. The van der Waals surface area contributed by atoms with Crippen molar-refractivity contribution in [3.05, 3.63) is 337 Å². The van der Waals surface area contributed by atoms with E-state index in [1.54, 1.807) is 0 Å². The molecule has 14 aromatic carbocycles. The lowest BCUT2D eigenvalue weighted by Crippen LogP contribution is -2.29. The van der Waals surface area contributed by atoms with E-state index in [2.05, 4.69) is 313 Å². The summed E-state index contributed by atoms with van der Waals surface area (Å²) in [6, 6.07) is 114. The minimum atomic E-state index is -0.888. The van der Waals surface area contributed by atoms with E-state index in [9.17, 15) is 0 Å². The number of hydrogen-bond donors (Lipinski definition) is 0. The molecule has 2 fully saturated rings. The van der Waals surface area contributed by atoms with Gasteiger partial charge in [0.25, 0.3) is 0 Å². The molecule has 3 aliphatic rings. The summed E-state index contributed by atoms with van der Waals surface area (Å²) in [5, 5.41) is 9.20. The van der Waals surface area contributed by atoms with Gasteiger partial charge in [0.2, 0.25) is 0 Å². The van der Waals surface area contributed by atoms with Crippen LogP contribution in [0.15, 0.2) is 312 Å². The maximum atomic E-state index is 7.59. The fourth-order valence-corrected chi connectivity index (χ4v) is 17.8. The summed E-state index contributed by atoms with van der Waals surface area (Å²) in [6.07, 6.45) is 12.3. The molecule has 97 heavy (non-hydrogen) atoms. The Morgan fingerprint density at radius 1 is 0.258 bits per heavy atom. The van der Waals surface area contributed by atoms with E-state index < -0.39 is 5.41 Å². The Bertz CT molecular complexity index is 5320. The van der Waals surface area contributed by atoms with E-state index in [1.165, 1.54) is 130 Å². The lowest BCUT2D eigenvalue weighted by Gasteiger charge is -2.36. The molecular weight excluding hydrogens is 1180 g/mol. The van der Waals surface area contributed by atoms with E-state index in [4.69, 9.17) is 8.83 Å². The Morgan fingerprint density at radius 2 is 0.577 bits per heavy atom. The number of fused-ring (bicyclic) bond motifs is 13. The van der Waals surface area contributed by atoms with Gasteiger partial charge in [-0.3, -0.25) is 0 Å². The van der Waals surface area contributed by atoms with Crippen molar-refractivity contribution in [2.24, 2.45) is 0 Å². The monoisotopic (exact) mass is 1250 g/mol. The number of para-hydroxylation sites is 6. The highest BCUT2D eigenvalue weighted by molar-refractivity contribution is 6.21. The second-order valence-electron chi connectivity index (χ2n) is 27.3. The summed E-state index contributed by atoms with van der Waals surface area (Å²) in [4.78, 5) is 5.11. The molecule has 0 aliphatic heterocycles. The van der Waals surface area contributed by atoms with Crippen molar-refractivity contribution in [2.75, 3.05) is 9.80 Å². The van der Waals surface area contributed by atoms with Gasteiger partial charge < -0.3 is 18.6 Å².